The smallest absolute Gasteiger partial charge is 0.276 e. The molecule has 3 aromatic heterocycles. The van der Waals surface area contributed by atoms with Crippen LogP contribution in [0.5, 0.6) is 0 Å². The molecule has 4 aromatic rings. The van der Waals surface area contributed by atoms with Gasteiger partial charge in [-0.15, -0.1) is 16.4 Å². The zero-order valence-corrected chi connectivity index (χ0v) is 15.6. The largest absolute Gasteiger partial charge is 0.352 e. The van der Waals surface area contributed by atoms with Gasteiger partial charge in [0.05, 0.1) is 12.1 Å². The molecule has 0 aliphatic carbocycles. The number of aromatic nitrogens is 4. The average Bonchev–Trinajstić information content (AvgIpc) is 3.21. The first kappa shape index (κ1) is 16.8. The molecule has 3 heterocycles. The number of nitrogens with zero attached hydrogens (tertiary/aromatic N) is 4. The molecule has 0 atom stereocenters. The second kappa shape index (κ2) is 6.57. The van der Waals surface area contributed by atoms with E-state index in [1.165, 1.54) is 16.0 Å². The Hall–Kier alpha value is -2.67. The van der Waals surface area contributed by atoms with Crippen LogP contribution in [-0.4, -0.2) is 18.7 Å². The van der Waals surface area contributed by atoms with Gasteiger partial charge in [-0.05, 0) is 30.4 Å². The molecular weight excluding hydrogens is 348 g/mol. The van der Waals surface area contributed by atoms with Crippen molar-refractivity contribution in [2.75, 3.05) is 0 Å². The van der Waals surface area contributed by atoms with E-state index in [-0.39, 0.29) is 11.2 Å². The third-order valence-electron chi connectivity index (χ3n) is 4.54. The van der Waals surface area contributed by atoms with E-state index in [1.807, 2.05) is 42.6 Å². The highest BCUT2D eigenvalue weighted by Gasteiger charge is 2.18. The van der Waals surface area contributed by atoms with E-state index < -0.39 is 0 Å². The van der Waals surface area contributed by atoms with Crippen LogP contribution >= 0.6 is 11.3 Å². The van der Waals surface area contributed by atoms with Crippen molar-refractivity contribution in [2.24, 2.45) is 0 Å². The number of unbranched alkanes of at least 4 members (excludes halogenated alkanes) is 1. The normalized spacial score (nSPS) is 11.6. The van der Waals surface area contributed by atoms with Crippen LogP contribution in [-0.2, 0) is 13.1 Å². The summed E-state index contributed by atoms with van der Waals surface area (Å²) in [7, 11) is 0. The number of hydrogen-bond donors (Lipinski definition) is 0. The summed E-state index contributed by atoms with van der Waals surface area (Å²) in [5.41, 5.74) is 2.51. The van der Waals surface area contributed by atoms with Gasteiger partial charge in [-0.3, -0.25) is 9.36 Å². The first-order chi connectivity index (χ1) is 12.6. The lowest BCUT2D eigenvalue weighted by Gasteiger charge is -2.06. The van der Waals surface area contributed by atoms with Crippen molar-refractivity contribution in [1.82, 2.24) is 18.7 Å². The van der Waals surface area contributed by atoms with Crippen molar-refractivity contribution in [3.8, 4) is 0 Å². The maximum absolute atomic E-state index is 13.0. The third-order valence-corrected chi connectivity index (χ3v) is 5.43. The molecule has 6 nitrogen and oxygen atoms in total. The first-order valence-corrected chi connectivity index (χ1v) is 9.63. The standard InChI is InChI=1S/C19H20N4O2S/c1-3-4-9-21-17(24)16-15(8-10-26-16)23-18(21)20-22(19(23)25)12-14-7-5-6-13(2)11-14/h5-8,10-11H,3-4,9,12H2,1-2H3. The Labute approximate surface area is 153 Å². The topological polar surface area (TPSA) is 61.3 Å². The molecule has 0 saturated carbocycles. The van der Waals surface area contributed by atoms with E-state index in [9.17, 15) is 9.59 Å². The highest BCUT2D eigenvalue weighted by Crippen LogP contribution is 2.17. The predicted molar refractivity (Wildman–Crippen MR) is 104 cm³/mol. The van der Waals surface area contributed by atoms with Gasteiger partial charge in [0, 0.05) is 6.54 Å². The molecule has 0 amide bonds. The number of fused-ring (bicyclic) bond motifs is 3. The van der Waals surface area contributed by atoms with E-state index >= 15 is 0 Å². The SMILES string of the molecule is CCCCn1c(=O)c2sccc2n2c(=O)n(Cc3cccc(C)c3)nc12. The van der Waals surface area contributed by atoms with Crippen LogP contribution in [0.2, 0.25) is 0 Å². The quantitative estimate of drug-likeness (QED) is 0.544. The summed E-state index contributed by atoms with van der Waals surface area (Å²) in [6.07, 6.45) is 1.83. The third kappa shape index (κ3) is 2.68. The van der Waals surface area contributed by atoms with Crippen LogP contribution in [0.15, 0.2) is 45.3 Å². The molecule has 0 N–H and O–H groups in total. The van der Waals surface area contributed by atoms with Crippen molar-refractivity contribution >= 4 is 27.3 Å². The fourth-order valence-corrected chi connectivity index (χ4v) is 4.06. The van der Waals surface area contributed by atoms with Crippen molar-refractivity contribution in [1.29, 1.82) is 0 Å². The molecule has 0 saturated heterocycles. The second-order valence-electron chi connectivity index (χ2n) is 6.51. The van der Waals surface area contributed by atoms with Crippen LogP contribution in [0, 0.1) is 6.92 Å². The summed E-state index contributed by atoms with van der Waals surface area (Å²) in [6, 6.07) is 9.83. The zero-order chi connectivity index (χ0) is 18.3. The Balaban J connectivity index is 1.95. The summed E-state index contributed by atoms with van der Waals surface area (Å²) in [6.45, 7) is 5.05. The van der Waals surface area contributed by atoms with Gasteiger partial charge in [0.1, 0.15) is 4.70 Å². The second-order valence-corrected chi connectivity index (χ2v) is 7.43. The van der Waals surface area contributed by atoms with Crippen LogP contribution in [0.1, 0.15) is 30.9 Å². The van der Waals surface area contributed by atoms with Gasteiger partial charge >= 0.3 is 5.69 Å². The molecule has 4 rings (SSSR count). The molecule has 0 bridgehead atoms. The van der Waals surface area contributed by atoms with Gasteiger partial charge in [-0.25, -0.2) is 13.9 Å². The van der Waals surface area contributed by atoms with Crippen molar-refractivity contribution in [2.45, 2.75) is 39.8 Å². The molecule has 26 heavy (non-hydrogen) atoms. The van der Waals surface area contributed by atoms with Crippen LogP contribution < -0.4 is 11.2 Å². The number of hydrogen-bond acceptors (Lipinski definition) is 4. The fraction of sp³-hybridized carbons (Fsp3) is 0.316. The average molecular weight is 368 g/mol. The van der Waals surface area contributed by atoms with Gasteiger partial charge in [0.25, 0.3) is 5.56 Å². The molecular formula is C19H20N4O2S. The summed E-state index contributed by atoms with van der Waals surface area (Å²) < 4.78 is 5.25. The van der Waals surface area contributed by atoms with Crippen molar-refractivity contribution in [3.63, 3.8) is 0 Å². The maximum atomic E-state index is 13.0. The number of benzene rings is 1. The molecule has 7 heteroatoms. The highest BCUT2D eigenvalue weighted by atomic mass is 32.1. The molecule has 0 spiro atoms. The molecule has 0 fully saturated rings. The van der Waals surface area contributed by atoms with E-state index in [2.05, 4.69) is 12.0 Å². The Kier molecular flexibility index (Phi) is 4.24. The number of rotatable bonds is 5. The van der Waals surface area contributed by atoms with Crippen LogP contribution in [0.25, 0.3) is 16.0 Å². The molecule has 0 aliphatic heterocycles. The Morgan fingerprint density at radius 1 is 1.19 bits per heavy atom. The monoisotopic (exact) mass is 368 g/mol. The molecule has 134 valence electrons. The molecule has 0 unspecified atom stereocenters. The molecule has 0 radical (unpaired) electrons. The lowest BCUT2D eigenvalue weighted by atomic mass is 10.1. The van der Waals surface area contributed by atoms with Crippen molar-refractivity contribution in [3.05, 3.63) is 67.7 Å². The van der Waals surface area contributed by atoms with Gasteiger partial charge in [-0.2, -0.15) is 0 Å². The lowest BCUT2D eigenvalue weighted by Crippen LogP contribution is -2.26. The predicted octanol–water partition coefficient (Wildman–Crippen LogP) is 3.03. The van der Waals surface area contributed by atoms with Crippen LogP contribution in [0.3, 0.4) is 0 Å². The summed E-state index contributed by atoms with van der Waals surface area (Å²) in [4.78, 5) is 25.9. The van der Waals surface area contributed by atoms with Gasteiger partial charge in [0.2, 0.25) is 5.78 Å². The zero-order valence-electron chi connectivity index (χ0n) is 14.8. The lowest BCUT2D eigenvalue weighted by molar-refractivity contribution is 0.613. The molecule has 1 aromatic carbocycles. The fourth-order valence-electron chi connectivity index (χ4n) is 3.24. The van der Waals surface area contributed by atoms with E-state index in [1.54, 1.807) is 8.97 Å². The summed E-state index contributed by atoms with van der Waals surface area (Å²) in [5.74, 6) is 0.423. The van der Waals surface area contributed by atoms with Gasteiger partial charge in [0.15, 0.2) is 0 Å². The van der Waals surface area contributed by atoms with E-state index in [0.717, 1.165) is 24.0 Å². The molecule has 0 aliphatic rings. The Morgan fingerprint density at radius 3 is 2.81 bits per heavy atom. The Bertz CT molecular complexity index is 1210. The maximum Gasteiger partial charge on any atom is 0.352 e. The van der Waals surface area contributed by atoms with Gasteiger partial charge in [-0.1, -0.05) is 43.2 Å². The summed E-state index contributed by atoms with van der Waals surface area (Å²) >= 11 is 1.37. The number of aryl methyl sites for hydroxylation is 2. The number of thiophene rings is 1. The van der Waals surface area contributed by atoms with E-state index in [4.69, 9.17) is 0 Å². The van der Waals surface area contributed by atoms with Gasteiger partial charge < -0.3 is 0 Å². The first-order valence-electron chi connectivity index (χ1n) is 8.75. The summed E-state index contributed by atoms with van der Waals surface area (Å²) in [5, 5.41) is 6.36. The Morgan fingerprint density at radius 2 is 2.04 bits per heavy atom. The van der Waals surface area contributed by atoms with Crippen LogP contribution in [0.4, 0.5) is 0 Å². The van der Waals surface area contributed by atoms with E-state index in [0.29, 0.717) is 29.1 Å². The minimum atomic E-state index is -0.213. The highest BCUT2D eigenvalue weighted by molar-refractivity contribution is 7.17. The minimum absolute atomic E-state index is 0.0661. The van der Waals surface area contributed by atoms with Crippen molar-refractivity contribution < 1.29 is 0 Å². The minimum Gasteiger partial charge on any atom is -0.276 e.